The van der Waals surface area contributed by atoms with Crippen LogP contribution < -0.4 is 5.32 Å². The zero-order chi connectivity index (χ0) is 11.1. The number of halogens is 1. The van der Waals surface area contributed by atoms with E-state index in [1.165, 1.54) is 6.07 Å². The van der Waals surface area contributed by atoms with E-state index in [0.717, 1.165) is 6.42 Å². The molecule has 1 aromatic carbocycles. The Kier molecular flexibility index (Phi) is 4.19. The van der Waals surface area contributed by atoms with Crippen LogP contribution in [0, 0.1) is 29.5 Å². The third-order valence-corrected chi connectivity index (χ3v) is 1.91. The van der Waals surface area contributed by atoms with Gasteiger partial charge < -0.3 is 5.32 Å². The van der Waals surface area contributed by atoms with Gasteiger partial charge in [-0.15, -0.1) is 12.3 Å². The van der Waals surface area contributed by atoms with E-state index in [4.69, 9.17) is 11.7 Å². The number of anilines is 1. The Labute approximate surface area is 88.7 Å². The van der Waals surface area contributed by atoms with Crippen molar-refractivity contribution in [1.82, 2.24) is 0 Å². The van der Waals surface area contributed by atoms with Crippen molar-refractivity contribution >= 4 is 5.69 Å². The molecule has 0 spiro atoms. The van der Waals surface area contributed by atoms with Crippen molar-refractivity contribution in [2.24, 2.45) is 0 Å². The first-order valence-electron chi connectivity index (χ1n) is 4.65. The summed E-state index contributed by atoms with van der Waals surface area (Å²) in [5.41, 5.74) is 0.729. The van der Waals surface area contributed by atoms with Gasteiger partial charge in [0, 0.05) is 13.0 Å². The molecule has 0 fully saturated rings. The first kappa shape index (κ1) is 11.1. The summed E-state index contributed by atoms with van der Waals surface area (Å²) >= 11 is 0. The van der Waals surface area contributed by atoms with Crippen LogP contribution in [0.2, 0.25) is 0 Å². The van der Waals surface area contributed by atoms with E-state index in [2.05, 4.69) is 11.2 Å². The lowest BCUT2D eigenvalue weighted by Crippen LogP contribution is -2.03. The predicted octanol–water partition coefficient (Wildman–Crippen LogP) is 2.52. The van der Waals surface area contributed by atoms with Crippen LogP contribution in [0.1, 0.15) is 18.4 Å². The van der Waals surface area contributed by atoms with Gasteiger partial charge in [-0.3, -0.25) is 0 Å². The molecule has 0 saturated carbocycles. The molecule has 0 aromatic heterocycles. The molecule has 0 radical (unpaired) electrons. The maximum atomic E-state index is 13.3. The fourth-order valence-electron chi connectivity index (χ4n) is 1.14. The van der Waals surface area contributed by atoms with Crippen LogP contribution in [-0.2, 0) is 0 Å². The van der Waals surface area contributed by atoms with Crippen molar-refractivity contribution in [3.8, 4) is 18.4 Å². The van der Waals surface area contributed by atoms with Crippen molar-refractivity contribution in [3.63, 3.8) is 0 Å². The number of benzene rings is 1. The summed E-state index contributed by atoms with van der Waals surface area (Å²) in [6, 6.07) is 6.22. The molecule has 0 aliphatic carbocycles. The molecule has 0 heterocycles. The minimum Gasteiger partial charge on any atom is -0.383 e. The predicted molar refractivity (Wildman–Crippen MR) is 57.7 cm³/mol. The fraction of sp³-hybridized carbons (Fsp3) is 0.250. The Hall–Kier alpha value is -2.00. The van der Waals surface area contributed by atoms with Crippen molar-refractivity contribution in [3.05, 3.63) is 29.6 Å². The van der Waals surface area contributed by atoms with E-state index < -0.39 is 5.82 Å². The second kappa shape index (κ2) is 5.67. The molecule has 0 aliphatic heterocycles. The van der Waals surface area contributed by atoms with Gasteiger partial charge in [0.1, 0.15) is 5.82 Å². The van der Waals surface area contributed by atoms with Gasteiger partial charge in [0.05, 0.1) is 17.3 Å². The van der Waals surface area contributed by atoms with Crippen molar-refractivity contribution in [1.29, 1.82) is 5.26 Å². The molecule has 1 N–H and O–H groups in total. The van der Waals surface area contributed by atoms with Crippen molar-refractivity contribution in [2.45, 2.75) is 12.8 Å². The Balaban J connectivity index is 2.56. The monoisotopic (exact) mass is 202 g/mol. The largest absolute Gasteiger partial charge is 0.383 e. The molecular formula is C12H11FN2. The Morgan fingerprint density at radius 3 is 2.87 bits per heavy atom. The first-order valence-corrected chi connectivity index (χ1v) is 4.65. The van der Waals surface area contributed by atoms with Gasteiger partial charge in [-0.1, -0.05) is 0 Å². The van der Waals surface area contributed by atoms with E-state index in [1.807, 2.05) is 6.07 Å². The van der Waals surface area contributed by atoms with Crippen molar-refractivity contribution < 1.29 is 4.39 Å². The zero-order valence-corrected chi connectivity index (χ0v) is 8.26. The van der Waals surface area contributed by atoms with Crippen LogP contribution in [-0.4, -0.2) is 6.54 Å². The lowest BCUT2D eigenvalue weighted by molar-refractivity contribution is 0.629. The van der Waals surface area contributed by atoms with Crippen molar-refractivity contribution in [2.75, 3.05) is 11.9 Å². The number of rotatable bonds is 4. The van der Waals surface area contributed by atoms with E-state index in [9.17, 15) is 4.39 Å². The standard InChI is InChI=1S/C12H11FN2/c1-2-3-4-7-15-12-6-5-10(9-14)8-11(12)13/h1,5-6,8,15H,3-4,7H2. The summed E-state index contributed by atoms with van der Waals surface area (Å²) in [4.78, 5) is 0. The number of nitrogens with zero attached hydrogens (tertiary/aromatic N) is 1. The number of hydrogen-bond acceptors (Lipinski definition) is 2. The van der Waals surface area contributed by atoms with Crippen LogP contribution in [0.4, 0.5) is 10.1 Å². The average molecular weight is 202 g/mol. The molecular weight excluding hydrogens is 191 g/mol. The number of terminal acetylenes is 1. The molecule has 15 heavy (non-hydrogen) atoms. The molecule has 0 atom stereocenters. The Morgan fingerprint density at radius 2 is 2.27 bits per heavy atom. The molecule has 0 bridgehead atoms. The van der Waals surface area contributed by atoms with E-state index in [1.54, 1.807) is 12.1 Å². The van der Waals surface area contributed by atoms with Gasteiger partial charge in [0.25, 0.3) is 0 Å². The Bertz CT molecular complexity index is 413. The van der Waals surface area contributed by atoms with Crippen LogP contribution >= 0.6 is 0 Å². The minimum absolute atomic E-state index is 0.321. The summed E-state index contributed by atoms with van der Waals surface area (Å²) in [5.74, 6) is 2.10. The molecule has 2 nitrogen and oxygen atoms in total. The van der Waals surface area contributed by atoms with Gasteiger partial charge in [-0.25, -0.2) is 4.39 Å². The lowest BCUT2D eigenvalue weighted by atomic mass is 10.2. The normalized spacial score (nSPS) is 9.00. The third-order valence-electron chi connectivity index (χ3n) is 1.91. The summed E-state index contributed by atoms with van der Waals surface area (Å²) < 4.78 is 13.3. The molecule has 0 unspecified atom stereocenters. The molecule has 0 aliphatic rings. The number of hydrogen-bond donors (Lipinski definition) is 1. The van der Waals surface area contributed by atoms with Gasteiger partial charge in [0.2, 0.25) is 0 Å². The zero-order valence-electron chi connectivity index (χ0n) is 8.26. The third kappa shape index (κ3) is 3.32. The average Bonchev–Trinajstić information content (AvgIpc) is 2.26. The lowest BCUT2D eigenvalue weighted by Gasteiger charge is -2.06. The molecule has 1 aromatic rings. The van der Waals surface area contributed by atoms with E-state index >= 15 is 0 Å². The smallest absolute Gasteiger partial charge is 0.147 e. The van der Waals surface area contributed by atoms with Crippen LogP contribution in [0.25, 0.3) is 0 Å². The molecule has 3 heteroatoms. The van der Waals surface area contributed by atoms with Crippen LogP contribution in [0.3, 0.4) is 0 Å². The fourth-order valence-corrected chi connectivity index (χ4v) is 1.14. The number of unbranched alkanes of at least 4 members (excludes halogenated alkanes) is 1. The highest BCUT2D eigenvalue weighted by molar-refractivity contribution is 5.48. The van der Waals surface area contributed by atoms with E-state index in [-0.39, 0.29) is 0 Å². The summed E-state index contributed by atoms with van der Waals surface area (Å²) in [6.07, 6.45) is 6.56. The molecule has 76 valence electrons. The summed E-state index contributed by atoms with van der Waals surface area (Å²) in [5, 5.41) is 11.5. The maximum absolute atomic E-state index is 13.3. The van der Waals surface area contributed by atoms with Gasteiger partial charge in [-0.05, 0) is 24.6 Å². The van der Waals surface area contributed by atoms with Gasteiger partial charge in [0.15, 0.2) is 0 Å². The van der Waals surface area contributed by atoms with Crippen LogP contribution in [0.5, 0.6) is 0 Å². The van der Waals surface area contributed by atoms with Crippen LogP contribution in [0.15, 0.2) is 18.2 Å². The second-order valence-corrected chi connectivity index (χ2v) is 3.04. The quantitative estimate of drug-likeness (QED) is 0.601. The number of nitrogens with one attached hydrogen (secondary N) is 1. The maximum Gasteiger partial charge on any atom is 0.147 e. The number of nitriles is 1. The molecule has 1 rings (SSSR count). The van der Waals surface area contributed by atoms with E-state index in [0.29, 0.717) is 24.2 Å². The Morgan fingerprint density at radius 1 is 1.47 bits per heavy atom. The second-order valence-electron chi connectivity index (χ2n) is 3.04. The van der Waals surface area contributed by atoms with Gasteiger partial charge in [-0.2, -0.15) is 5.26 Å². The SMILES string of the molecule is C#CCCCNc1ccc(C#N)cc1F. The summed E-state index contributed by atoms with van der Waals surface area (Å²) in [6.45, 7) is 0.632. The molecule has 0 amide bonds. The topological polar surface area (TPSA) is 35.8 Å². The minimum atomic E-state index is -0.408. The summed E-state index contributed by atoms with van der Waals surface area (Å²) in [7, 11) is 0. The highest BCUT2D eigenvalue weighted by Gasteiger charge is 2.01. The first-order chi connectivity index (χ1) is 7.27. The highest BCUT2D eigenvalue weighted by Crippen LogP contribution is 2.15. The van der Waals surface area contributed by atoms with Gasteiger partial charge >= 0.3 is 0 Å². The highest BCUT2D eigenvalue weighted by atomic mass is 19.1. The molecule has 0 saturated heterocycles.